The Hall–Kier alpha value is -1.42. The van der Waals surface area contributed by atoms with Gasteiger partial charge in [0.2, 0.25) is 0 Å². The first-order valence-electron chi connectivity index (χ1n) is 5.95. The molecule has 19 heavy (non-hydrogen) atoms. The minimum atomic E-state index is -0.565. The molecule has 0 amide bonds. The summed E-state index contributed by atoms with van der Waals surface area (Å²) < 4.78 is 27.5. The summed E-state index contributed by atoms with van der Waals surface area (Å²) in [7, 11) is 0. The Morgan fingerprint density at radius 1 is 1.16 bits per heavy atom. The van der Waals surface area contributed by atoms with Crippen molar-refractivity contribution in [2.24, 2.45) is 0 Å². The molecule has 0 aliphatic rings. The Bertz CT molecular complexity index is 599. The second kappa shape index (κ2) is 5.70. The van der Waals surface area contributed by atoms with E-state index in [1.165, 1.54) is 12.1 Å². The molecule has 2 aromatic rings. The molecular formula is C15H14BrF2N. The first-order chi connectivity index (χ1) is 8.99. The molecule has 0 bridgehead atoms. The van der Waals surface area contributed by atoms with Crippen molar-refractivity contribution in [3.8, 4) is 0 Å². The molecule has 0 fully saturated rings. The van der Waals surface area contributed by atoms with E-state index in [1.54, 1.807) is 0 Å². The minimum absolute atomic E-state index is 0.251. The van der Waals surface area contributed by atoms with E-state index in [-0.39, 0.29) is 6.04 Å². The van der Waals surface area contributed by atoms with Crippen molar-refractivity contribution in [1.82, 2.24) is 0 Å². The molecule has 1 nitrogen and oxygen atoms in total. The number of benzene rings is 2. The Morgan fingerprint density at radius 2 is 1.89 bits per heavy atom. The number of aryl methyl sites for hydroxylation is 1. The van der Waals surface area contributed by atoms with Crippen LogP contribution in [-0.2, 0) is 0 Å². The number of rotatable bonds is 3. The van der Waals surface area contributed by atoms with E-state index in [0.717, 1.165) is 21.8 Å². The van der Waals surface area contributed by atoms with Gasteiger partial charge < -0.3 is 5.32 Å². The Kier molecular flexibility index (Phi) is 4.20. The van der Waals surface area contributed by atoms with Crippen LogP contribution in [0.25, 0.3) is 0 Å². The summed E-state index contributed by atoms with van der Waals surface area (Å²) in [5, 5.41) is 3.22. The minimum Gasteiger partial charge on any atom is -0.377 e. The summed E-state index contributed by atoms with van der Waals surface area (Å²) in [6.45, 7) is 3.82. The van der Waals surface area contributed by atoms with Gasteiger partial charge in [-0.15, -0.1) is 0 Å². The van der Waals surface area contributed by atoms with Gasteiger partial charge in [-0.2, -0.15) is 0 Å². The van der Waals surface area contributed by atoms with Gasteiger partial charge in [-0.1, -0.05) is 18.2 Å². The van der Waals surface area contributed by atoms with Gasteiger partial charge in [0.1, 0.15) is 11.6 Å². The quantitative estimate of drug-likeness (QED) is 0.816. The molecule has 0 radical (unpaired) electrons. The molecule has 1 N–H and O–H groups in total. The summed E-state index contributed by atoms with van der Waals surface area (Å²) in [4.78, 5) is 0. The van der Waals surface area contributed by atoms with Crippen molar-refractivity contribution in [3.63, 3.8) is 0 Å². The normalized spacial score (nSPS) is 12.3. The van der Waals surface area contributed by atoms with Gasteiger partial charge in [0, 0.05) is 21.8 Å². The fraction of sp³-hybridized carbons (Fsp3) is 0.200. The number of hydrogen-bond donors (Lipinski definition) is 1. The molecule has 0 saturated carbocycles. The fourth-order valence-electron chi connectivity index (χ4n) is 1.92. The van der Waals surface area contributed by atoms with Crippen LogP contribution in [0.2, 0.25) is 0 Å². The highest BCUT2D eigenvalue weighted by Crippen LogP contribution is 2.29. The maximum Gasteiger partial charge on any atom is 0.131 e. The number of hydrogen-bond acceptors (Lipinski definition) is 1. The molecule has 1 atom stereocenters. The molecule has 100 valence electrons. The van der Waals surface area contributed by atoms with Gasteiger partial charge in [0.05, 0.1) is 6.04 Å². The SMILES string of the molecule is Cc1cccc(NC(C)c2ccc(F)cc2F)c1Br. The Labute approximate surface area is 119 Å². The summed E-state index contributed by atoms with van der Waals surface area (Å²) >= 11 is 3.50. The molecule has 0 aromatic heterocycles. The predicted octanol–water partition coefficient (Wildman–Crippen LogP) is 5.21. The molecule has 1 unspecified atom stereocenters. The maximum atomic E-state index is 13.7. The van der Waals surface area contributed by atoms with E-state index >= 15 is 0 Å². The molecular weight excluding hydrogens is 312 g/mol. The van der Waals surface area contributed by atoms with Crippen LogP contribution < -0.4 is 5.32 Å². The van der Waals surface area contributed by atoms with E-state index < -0.39 is 11.6 Å². The van der Waals surface area contributed by atoms with Crippen molar-refractivity contribution < 1.29 is 8.78 Å². The van der Waals surface area contributed by atoms with E-state index in [2.05, 4.69) is 21.2 Å². The van der Waals surface area contributed by atoms with Gasteiger partial charge in [0.15, 0.2) is 0 Å². The Balaban J connectivity index is 2.25. The largest absolute Gasteiger partial charge is 0.377 e. The van der Waals surface area contributed by atoms with E-state index in [9.17, 15) is 8.78 Å². The highest BCUT2D eigenvalue weighted by Gasteiger charge is 2.13. The standard InChI is InChI=1S/C15H14BrF2N/c1-9-4-3-5-14(15(9)16)19-10(2)12-7-6-11(17)8-13(12)18/h3-8,10,19H,1-2H3. The zero-order chi connectivity index (χ0) is 14.0. The third-order valence-corrected chi connectivity index (χ3v) is 4.05. The fourth-order valence-corrected chi connectivity index (χ4v) is 2.30. The lowest BCUT2D eigenvalue weighted by atomic mass is 10.1. The first kappa shape index (κ1) is 14.0. The van der Waals surface area contributed by atoms with Crippen LogP contribution in [0.15, 0.2) is 40.9 Å². The topological polar surface area (TPSA) is 12.0 Å². The van der Waals surface area contributed by atoms with Gasteiger partial charge in [-0.3, -0.25) is 0 Å². The van der Waals surface area contributed by atoms with Crippen LogP contribution >= 0.6 is 15.9 Å². The Morgan fingerprint density at radius 3 is 2.58 bits per heavy atom. The van der Waals surface area contributed by atoms with Crippen molar-refractivity contribution >= 4 is 21.6 Å². The second-order valence-electron chi connectivity index (χ2n) is 4.47. The molecule has 0 aliphatic carbocycles. The summed E-state index contributed by atoms with van der Waals surface area (Å²) in [5.74, 6) is -1.10. The smallest absolute Gasteiger partial charge is 0.131 e. The molecule has 0 saturated heterocycles. The summed E-state index contributed by atoms with van der Waals surface area (Å²) in [6.07, 6.45) is 0. The highest BCUT2D eigenvalue weighted by molar-refractivity contribution is 9.10. The van der Waals surface area contributed by atoms with Gasteiger partial charge in [0.25, 0.3) is 0 Å². The highest BCUT2D eigenvalue weighted by atomic mass is 79.9. The van der Waals surface area contributed by atoms with Crippen LogP contribution in [0, 0.1) is 18.6 Å². The third kappa shape index (κ3) is 3.13. The number of halogens is 3. The summed E-state index contributed by atoms with van der Waals surface area (Å²) in [6, 6.07) is 9.20. The van der Waals surface area contributed by atoms with Crippen LogP contribution in [0.1, 0.15) is 24.1 Å². The van der Waals surface area contributed by atoms with Crippen molar-refractivity contribution in [1.29, 1.82) is 0 Å². The maximum absolute atomic E-state index is 13.7. The first-order valence-corrected chi connectivity index (χ1v) is 6.75. The molecule has 2 aromatic carbocycles. The zero-order valence-electron chi connectivity index (χ0n) is 10.7. The van der Waals surface area contributed by atoms with Crippen LogP contribution in [0.5, 0.6) is 0 Å². The van der Waals surface area contributed by atoms with Crippen LogP contribution in [-0.4, -0.2) is 0 Å². The predicted molar refractivity (Wildman–Crippen MR) is 77.3 cm³/mol. The average molecular weight is 326 g/mol. The molecule has 0 heterocycles. The zero-order valence-corrected chi connectivity index (χ0v) is 12.3. The monoisotopic (exact) mass is 325 g/mol. The lowest BCUT2D eigenvalue weighted by molar-refractivity contribution is 0.566. The van der Waals surface area contributed by atoms with Gasteiger partial charge in [-0.05, 0) is 47.5 Å². The van der Waals surface area contributed by atoms with Crippen LogP contribution in [0.3, 0.4) is 0 Å². The van der Waals surface area contributed by atoms with Gasteiger partial charge in [-0.25, -0.2) is 8.78 Å². The molecule has 0 spiro atoms. The second-order valence-corrected chi connectivity index (χ2v) is 5.26. The van der Waals surface area contributed by atoms with E-state index in [0.29, 0.717) is 5.56 Å². The van der Waals surface area contributed by atoms with E-state index in [1.807, 2.05) is 32.0 Å². The van der Waals surface area contributed by atoms with Crippen molar-refractivity contribution in [3.05, 3.63) is 63.6 Å². The van der Waals surface area contributed by atoms with Crippen LogP contribution in [0.4, 0.5) is 14.5 Å². The lowest BCUT2D eigenvalue weighted by Crippen LogP contribution is -2.09. The average Bonchev–Trinajstić information content (AvgIpc) is 2.34. The third-order valence-electron chi connectivity index (χ3n) is 2.99. The van der Waals surface area contributed by atoms with Crippen molar-refractivity contribution in [2.75, 3.05) is 5.32 Å². The van der Waals surface area contributed by atoms with E-state index in [4.69, 9.17) is 0 Å². The number of anilines is 1. The summed E-state index contributed by atoms with van der Waals surface area (Å²) in [5.41, 5.74) is 2.42. The van der Waals surface area contributed by atoms with Gasteiger partial charge >= 0.3 is 0 Å². The van der Waals surface area contributed by atoms with Crippen molar-refractivity contribution in [2.45, 2.75) is 19.9 Å². The molecule has 2 rings (SSSR count). The number of nitrogens with one attached hydrogen (secondary N) is 1. The molecule has 0 aliphatic heterocycles. The molecule has 4 heteroatoms. The lowest BCUT2D eigenvalue weighted by Gasteiger charge is -2.18.